The molecular formula is C38H46Cl2N4. The van der Waals surface area contributed by atoms with E-state index in [9.17, 15) is 0 Å². The van der Waals surface area contributed by atoms with Gasteiger partial charge >= 0.3 is 0 Å². The van der Waals surface area contributed by atoms with Crippen molar-refractivity contribution in [1.82, 2.24) is 19.4 Å². The number of fused-ring (bicyclic) bond motifs is 2. The molecule has 4 nitrogen and oxygen atoms in total. The van der Waals surface area contributed by atoms with E-state index in [2.05, 4.69) is 150 Å². The topological polar surface area (TPSA) is 27.2 Å². The molecule has 6 rings (SSSR count). The lowest BCUT2D eigenvalue weighted by Gasteiger charge is -2.10. The number of nitrogens with zero attached hydrogens (tertiary/aromatic N) is 3. The quantitative estimate of drug-likeness (QED) is 0.162. The lowest BCUT2D eigenvalue weighted by molar-refractivity contribution is 0.387. The number of hydrogen-bond acceptors (Lipinski definition) is 2. The van der Waals surface area contributed by atoms with Crippen LogP contribution in [0.25, 0.3) is 21.8 Å². The maximum atomic E-state index is 5.35. The van der Waals surface area contributed by atoms with E-state index in [1.165, 1.54) is 44.1 Å². The van der Waals surface area contributed by atoms with Gasteiger partial charge in [0.05, 0.1) is 0 Å². The van der Waals surface area contributed by atoms with Crippen LogP contribution in [-0.2, 0) is 19.4 Å². The van der Waals surface area contributed by atoms with E-state index >= 15 is 0 Å². The van der Waals surface area contributed by atoms with Crippen LogP contribution in [0.3, 0.4) is 0 Å². The van der Waals surface area contributed by atoms with Gasteiger partial charge in [-0.3, -0.25) is 0 Å². The summed E-state index contributed by atoms with van der Waals surface area (Å²) in [6.07, 6.45) is 6.42. The lowest BCUT2D eigenvalue weighted by Crippen LogP contribution is -2.17. The first-order chi connectivity index (χ1) is 20.9. The first-order valence-corrected chi connectivity index (χ1v) is 15.5. The molecule has 232 valence electrons. The van der Waals surface area contributed by atoms with E-state index in [1.54, 1.807) is 0 Å². The molecule has 0 radical (unpaired) electrons. The molecule has 0 saturated carbocycles. The molecule has 4 aromatic carbocycles. The van der Waals surface area contributed by atoms with Crippen LogP contribution in [-0.4, -0.2) is 66.5 Å². The summed E-state index contributed by atoms with van der Waals surface area (Å²) in [6.45, 7) is 3.06. The summed E-state index contributed by atoms with van der Waals surface area (Å²) in [6, 6.07) is 38.4. The van der Waals surface area contributed by atoms with Crippen LogP contribution in [0.4, 0.5) is 0 Å². The molecule has 6 heteroatoms. The minimum atomic E-state index is 0. The minimum absolute atomic E-state index is 0. The third-order valence-electron chi connectivity index (χ3n) is 7.34. The fraction of sp³-hybridized carbons (Fsp3) is 0.263. The largest absolute Gasteiger partial charge is 0.361 e. The van der Waals surface area contributed by atoms with Gasteiger partial charge in [0.25, 0.3) is 0 Å². The maximum absolute atomic E-state index is 5.35. The standard InChI is InChI=1S/C19H22N2.C15H13N.C4H10ClN.ClH/c1-20(2)12-13-21-15-17(14-16-8-4-3-5-9-16)18-10-6-7-11-19(18)21;1-2-6-12(7-3-1)10-13-11-16-15-9-5-4-8-14(13)15;1-6(2)4-3-5;/h3-11,15H,12-14H2,1-2H3;1-9,11,16H,10H2;3-4H2,1-2H3;1H. The first kappa shape index (κ1) is 34.9. The number of nitrogens with one attached hydrogen (secondary N) is 1. The molecule has 0 fully saturated rings. The van der Waals surface area contributed by atoms with E-state index in [4.69, 9.17) is 11.6 Å². The number of rotatable bonds is 9. The fourth-order valence-corrected chi connectivity index (χ4v) is 5.37. The summed E-state index contributed by atoms with van der Waals surface area (Å²) in [4.78, 5) is 7.58. The summed E-state index contributed by atoms with van der Waals surface area (Å²) in [5.74, 6) is 0.729. The molecule has 0 aliphatic carbocycles. The van der Waals surface area contributed by atoms with Gasteiger partial charge in [-0.15, -0.1) is 24.0 Å². The number of hydrogen-bond donors (Lipinski definition) is 1. The van der Waals surface area contributed by atoms with Crippen molar-refractivity contribution in [3.63, 3.8) is 0 Å². The molecule has 6 aromatic rings. The lowest BCUT2D eigenvalue weighted by atomic mass is 10.0. The zero-order chi connectivity index (χ0) is 30.4. The Bertz CT molecular complexity index is 1640. The Morgan fingerprint density at radius 3 is 1.70 bits per heavy atom. The molecule has 0 aliphatic heterocycles. The highest BCUT2D eigenvalue weighted by Crippen LogP contribution is 2.24. The predicted molar refractivity (Wildman–Crippen MR) is 194 cm³/mol. The molecule has 0 atom stereocenters. The molecule has 1 N–H and O–H groups in total. The second-order valence-electron chi connectivity index (χ2n) is 11.3. The SMILES string of the molecule is CN(C)CCCl.CN(C)CCn1cc(Cc2ccccc2)c2ccccc21.Cl.c1ccc(Cc2c[nH]c3ccccc23)cc1. The van der Waals surface area contributed by atoms with Crippen molar-refractivity contribution in [2.75, 3.05) is 47.2 Å². The van der Waals surface area contributed by atoms with Crippen LogP contribution in [0.5, 0.6) is 0 Å². The Morgan fingerprint density at radius 2 is 1.14 bits per heavy atom. The van der Waals surface area contributed by atoms with Crippen molar-refractivity contribution in [1.29, 1.82) is 0 Å². The normalized spacial score (nSPS) is 10.7. The summed E-state index contributed by atoms with van der Waals surface area (Å²) in [5.41, 5.74) is 8.05. The Balaban J connectivity index is 0.000000204. The molecule has 0 amide bonds. The molecule has 0 unspecified atom stereocenters. The molecule has 2 aromatic heterocycles. The van der Waals surface area contributed by atoms with Crippen molar-refractivity contribution in [2.45, 2.75) is 19.4 Å². The molecule has 0 aliphatic rings. The van der Waals surface area contributed by atoms with Crippen molar-refractivity contribution >= 4 is 45.8 Å². The Hall–Kier alpha value is -3.54. The second kappa shape index (κ2) is 18.3. The smallest absolute Gasteiger partial charge is 0.0483 e. The average Bonchev–Trinajstić information content (AvgIpc) is 3.59. The monoisotopic (exact) mass is 628 g/mol. The highest BCUT2D eigenvalue weighted by molar-refractivity contribution is 6.18. The fourth-order valence-electron chi connectivity index (χ4n) is 5.03. The van der Waals surface area contributed by atoms with E-state index < -0.39 is 0 Å². The number of halogens is 2. The molecular weight excluding hydrogens is 583 g/mol. The van der Waals surface area contributed by atoms with Gasteiger partial charge < -0.3 is 19.4 Å². The maximum Gasteiger partial charge on any atom is 0.0483 e. The predicted octanol–water partition coefficient (Wildman–Crippen LogP) is 8.76. The Kier molecular flexibility index (Phi) is 14.5. The second-order valence-corrected chi connectivity index (χ2v) is 11.7. The highest BCUT2D eigenvalue weighted by Gasteiger charge is 2.09. The van der Waals surface area contributed by atoms with Gasteiger partial charge in [-0.2, -0.15) is 0 Å². The van der Waals surface area contributed by atoms with E-state index in [-0.39, 0.29) is 12.4 Å². The van der Waals surface area contributed by atoms with Crippen LogP contribution in [0.15, 0.2) is 122 Å². The van der Waals surface area contributed by atoms with Crippen LogP contribution in [0, 0.1) is 0 Å². The van der Waals surface area contributed by atoms with E-state index in [0.717, 1.165) is 38.4 Å². The van der Waals surface area contributed by atoms with Gasteiger partial charge in [-0.05, 0) is 75.4 Å². The van der Waals surface area contributed by atoms with Crippen LogP contribution in [0.1, 0.15) is 22.3 Å². The minimum Gasteiger partial charge on any atom is -0.361 e. The Labute approximate surface area is 274 Å². The van der Waals surface area contributed by atoms with Gasteiger partial charge in [0, 0.05) is 59.7 Å². The molecule has 0 spiro atoms. The van der Waals surface area contributed by atoms with Crippen LogP contribution < -0.4 is 0 Å². The van der Waals surface area contributed by atoms with Gasteiger partial charge in [-0.1, -0.05) is 97.1 Å². The van der Waals surface area contributed by atoms with Gasteiger partial charge in [0.2, 0.25) is 0 Å². The summed E-state index contributed by atoms with van der Waals surface area (Å²) < 4.78 is 2.38. The van der Waals surface area contributed by atoms with Gasteiger partial charge in [0.15, 0.2) is 0 Å². The van der Waals surface area contributed by atoms with Gasteiger partial charge in [0.1, 0.15) is 0 Å². The first-order valence-electron chi connectivity index (χ1n) is 15.0. The summed E-state index contributed by atoms with van der Waals surface area (Å²) in [5, 5.41) is 2.70. The average molecular weight is 630 g/mol. The van der Waals surface area contributed by atoms with Crippen LogP contribution >= 0.6 is 24.0 Å². The zero-order valence-electron chi connectivity index (χ0n) is 26.4. The molecule has 0 bridgehead atoms. The van der Waals surface area contributed by atoms with Crippen LogP contribution in [0.2, 0.25) is 0 Å². The number of aromatic amines is 1. The summed E-state index contributed by atoms with van der Waals surface area (Å²) >= 11 is 5.35. The molecule has 0 saturated heterocycles. The molecule has 44 heavy (non-hydrogen) atoms. The highest BCUT2D eigenvalue weighted by atomic mass is 35.5. The number of alkyl halides is 1. The van der Waals surface area contributed by atoms with Crippen molar-refractivity contribution < 1.29 is 0 Å². The number of para-hydroxylation sites is 2. The number of aromatic nitrogens is 2. The van der Waals surface area contributed by atoms with E-state index in [1.807, 2.05) is 19.0 Å². The van der Waals surface area contributed by atoms with Gasteiger partial charge in [-0.25, -0.2) is 0 Å². The Morgan fingerprint density at radius 1 is 0.614 bits per heavy atom. The van der Waals surface area contributed by atoms with Crippen molar-refractivity contribution in [3.05, 3.63) is 144 Å². The third-order valence-corrected chi connectivity index (χ3v) is 7.51. The number of benzene rings is 4. The molecule has 2 heterocycles. The summed E-state index contributed by atoms with van der Waals surface area (Å²) in [7, 11) is 8.25. The zero-order valence-corrected chi connectivity index (χ0v) is 28.0. The number of likely N-dealkylation sites (N-methyl/N-ethyl adjacent to an activating group) is 1. The van der Waals surface area contributed by atoms with Crippen molar-refractivity contribution in [3.8, 4) is 0 Å². The third kappa shape index (κ3) is 10.6. The van der Waals surface area contributed by atoms with Crippen molar-refractivity contribution in [2.24, 2.45) is 0 Å². The van der Waals surface area contributed by atoms with E-state index in [0.29, 0.717) is 0 Å². The number of H-pyrrole nitrogens is 1.